The minimum atomic E-state index is -0.189. The van der Waals surface area contributed by atoms with E-state index in [4.69, 9.17) is 15.2 Å². The summed E-state index contributed by atoms with van der Waals surface area (Å²) in [5.74, 6) is 1.36. The van der Waals surface area contributed by atoms with Crippen LogP contribution >= 0.6 is 0 Å². The van der Waals surface area contributed by atoms with Gasteiger partial charge in [0.15, 0.2) is 11.5 Å². The Balaban J connectivity index is 2.10. The molecule has 5 heteroatoms. The fraction of sp³-hybridized carbons (Fsp3) is 0.533. The standard InChI is InChI=1S/C15H22N2O3/c1-10(2)12(9-16)15(18)17-11-4-5-13-14(8-11)20-7-3-6-19-13/h4-5,8,10,12H,3,6-7,9,16H2,1-2H3,(H,17,18). The van der Waals surface area contributed by atoms with Crippen molar-refractivity contribution in [2.75, 3.05) is 25.1 Å². The summed E-state index contributed by atoms with van der Waals surface area (Å²) in [6.45, 7) is 5.60. The summed E-state index contributed by atoms with van der Waals surface area (Å²) in [5.41, 5.74) is 6.36. The van der Waals surface area contributed by atoms with Gasteiger partial charge in [-0.2, -0.15) is 0 Å². The number of nitrogens with two attached hydrogens (primary N) is 1. The molecule has 0 saturated carbocycles. The summed E-state index contributed by atoms with van der Waals surface area (Å²) in [7, 11) is 0. The van der Waals surface area contributed by atoms with Crippen molar-refractivity contribution in [3.8, 4) is 11.5 Å². The van der Waals surface area contributed by atoms with E-state index in [1.165, 1.54) is 0 Å². The van der Waals surface area contributed by atoms with Gasteiger partial charge in [-0.15, -0.1) is 0 Å². The maximum atomic E-state index is 12.2. The zero-order valence-corrected chi connectivity index (χ0v) is 12.0. The fourth-order valence-electron chi connectivity index (χ4n) is 2.16. The van der Waals surface area contributed by atoms with E-state index < -0.39 is 0 Å². The van der Waals surface area contributed by atoms with Crippen molar-refractivity contribution in [3.05, 3.63) is 18.2 Å². The normalized spacial score (nSPS) is 15.6. The average molecular weight is 278 g/mol. The van der Waals surface area contributed by atoms with Gasteiger partial charge in [-0.25, -0.2) is 0 Å². The van der Waals surface area contributed by atoms with Crippen molar-refractivity contribution in [3.63, 3.8) is 0 Å². The van der Waals surface area contributed by atoms with E-state index >= 15 is 0 Å². The Bertz CT molecular complexity index is 474. The first-order valence-corrected chi connectivity index (χ1v) is 7.02. The van der Waals surface area contributed by atoms with Crippen LogP contribution in [0.2, 0.25) is 0 Å². The van der Waals surface area contributed by atoms with Crippen LogP contribution in [0.1, 0.15) is 20.3 Å². The van der Waals surface area contributed by atoms with Gasteiger partial charge in [-0.3, -0.25) is 4.79 Å². The van der Waals surface area contributed by atoms with E-state index in [0.717, 1.165) is 12.2 Å². The number of carbonyl (C=O) groups is 1. The smallest absolute Gasteiger partial charge is 0.229 e. The second-order valence-electron chi connectivity index (χ2n) is 5.29. The fourth-order valence-corrected chi connectivity index (χ4v) is 2.16. The second-order valence-corrected chi connectivity index (χ2v) is 5.29. The minimum absolute atomic E-state index is 0.0583. The SMILES string of the molecule is CC(C)C(CN)C(=O)Nc1ccc2c(c1)OCCCO2. The van der Waals surface area contributed by atoms with Crippen molar-refractivity contribution in [1.29, 1.82) is 0 Å². The molecule has 110 valence electrons. The topological polar surface area (TPSA) is 73.6 Å². The van der Waals surface area contributed by atoms with Crippen molar-refractivity contribution >= 4 is 11.6 Å². The van der Waals surface area contributed by atoms with Gasteiger partial charge in [0.25, 0.3) is 0 Å². The van der Waals surface area contributed by atoms with E-state index in [2.05, 4.69) is 5.32 Å². The summed E-state index contributed by atoms with van der Waals surface area (Å²) in [4.78, 5) is 12.2. The second kappa shape index (κ2) is 6.61. The molecule has 0 bridgehead atoms. The minimum Gasteiger partial charge on any atom is -0.490 e. The largest absolute Gasteiger partial charge is 0.490 e. The molecule has 20 heavy (non-hydrogen) atoms. The quantitative estimate of drug-likeness (QED) is 0.883. The number of ether oxygens (including phenoxy) is 2. The van der Waals surface area contributed by atoms with Gasteiger partial charge in [0.05, 0.1) is 19.1 Å². The van der Waals surface area contributed by atoms with Crippen LogP contribution in [0.4, 0.5) is 5.69 Å². The molecule has 1 atom stereocenters. The molecule has 1 unspecified atom stereocenters. The number of amides is 1. The number of anilines is 1. The van der Waals surface area contributed by atoms with Crippen LogP contribution in [0.5, 0.6) is 11.5 Å². The third-order valence-corrected chi connectivity index (χ3v) is 3.41. The third-order valence-electron chi connectivity index (χ3n) is 3.41. The van der Waals surface area contributed by atoms with Crippen LogP contribution in [0.15, 0.2) is 18.2 Å². The third kappa shape index (κ3) is 3.42. The van der Waals surface area contributed by atoms with E-state index in [1.807, 2.05) is 26.0 Å². The Morgan fingerprint density at radius 1 is 1.30 bits per heavy atom. The van der Waals surface area contributed by atoms with Crippen molar-refractivity contribution in [2.45, 2.75) is 20.3 Å². The number of hydrogen-bond acceptors (Lipinski definition) is 4. The number of carbonyl (C=O) groups excluding carboxylic acids is 1. The molecule has 1 aromatic rings. The molecule has 0 aliphatic carbocycles. The molecular formula is C15H22N2O3. The van der Waals surface area contributed by atoms with Gasteiger partial charge < -0.3 is 20.5 Å². The molecule has 5 nitrogen and oxygen atoms in total. The molecule has 1 aromatic carbocycles. The van der Waals surface area contributed by atoms with Crippen molar-refractivity contribution in [1.82, 2.24) is 0 Å². The molecule has 2 rings (SSSR count). The molecule has 1 heterocycles. The van der Waals surface area contributed by atoms with Gasteiger partial charge in [0, 0.05) is 24.7 Å². The zero-order chi connectivity index (χ0) is 14.5. The number of nitrogens with one attached hydrogen (secondary N) is 1. The van der Waals surface area contributed by atoms with E-state index in [0.29, 0.717) is 31.2 Å². The molecule has 0 spiro atoms. The Labute approximate surface area is 119 Å². The Hall–Kier alpha value is -1.75. The molecule has 1 aliphatic heterocycles. The van der Waals surface area contributed by atoms with Crippen LogP contribution in [-0.2, 0) is 4.79 Å². The molecule has 0 fully saturated rings. The lowest BCUT2D eigenvalue weighted by atomic mass is 9.95. The average Bonchev–Trinajstić information content (AvgIpc) is 2.63. The van der Waals surface area contributed by atoms with Crippen LogP contribution in [0.3, 0.4) is 0 Å². The highest BCUT2D eigenvalue weighted by Gasteiger charge is 2.21. The van der Waals surface area contributed by atoms with Crippen molar-refractivity contribution in [2.24, 2.45) is 17.6 Å². The first kappa shape index (κ1) is 14.7. The lowest BCUT2D eigenvalue weighted by molar-refractivity contribution is -0.120. The van der Waals surface area contributed by atoms with Crippen LogP contribution in [0.25, 0.3) is 0 Å². The van der Waals surface area contributed by atoms with Crippen molar-refractivity contribution < 1.29 is 14.3 Å². The lowest BCUT2D eigenvalue weighted by Crippen LogP contribution is -2.33. The van der Waals surface area contributed by atoms with Gasteiger partial charge >= 0.3 is 0 Å². The Morgan fingerprint density at radius 3 is 2.65 bits per heavy atom. The Kier molecular flexibility index (Phi) is 4.84. The number of hydrogen-bond donors (Lipinski definition) is 2. The zero-order valence-electron chi connectivity index (χ0n) is 12.0. The molecule has 0 aromatic heterocycles. The van der Waals surface area contributed by atoms with Gasteiger partial charge in [-0.05, 0) is 18.1 Å². The molecule has 1 aliphatic rings. The Morgan fingerprint density at radius 2 is 2.00 bits per heavy atom. The van der Waals surface area contributed by atoms with E-state index in [-0.39, 0.29) is 17.7 Å². The van der Waals surface area contributed by atoms with Gasteiger partial charge in [0.2, 0.25) is 5.91 Å². The molecular weight excluding hydrogens is 256 g/mol. The first-order chi connectivity index (χ1) is 9.61. The van der Waals surface area contributed by atoms with Crippen LogP contribution in [0, 0.1) is 11.8 Å². The lowest BCUT2D eigenvalue weighted by Gasteiger charge is -2.18. The molecule has 3 N–H and O–H groups in total. The summed E-state index contributed by atoms with van der Waals surface area (Å²) >= 11 is 0. The summed E-state index contributed by atoms with van der Waals surface area (Å²) in [6, 6.07) is 5.44. The number of rotatable bonds is 4. The van der Waals surface area contributed by atoms with Gasteiger partial charge in [-0.1, -0.05) is 13.8 Å². The highest BCUT2D eigenvalue weighted by atomic mass is 16.5. The maximum Gasteiger partial charge on any atom is 0.229 e. The van der Waals surface area contributed by atoms with Crippen LogP contribution in [-0.4, -0.2) is 25.7 Å². The molecule has 0 saturated heterocycles. The van der Waals surface area contributed by atoms with E-state index in [1.54, 1.807) is 6.07 Å². The van der Waals surface area contributed by atoms with Gasteiger partial charge in [0.1, 0.15) is 0 Å². The summed E-state index contributed by atoms with van der Waals surface area (Å²) < 4.78 is 11.2. The van der Waals surface area contributed by atoms with E-state index in [9.17, 15) is 4.79 Å². The highest BCUT2D eigenvalue weighted by Crippen LogP contribution is 2.32. The number of fused-ring (bicyclic) bond motifs is 1. The predicted molar refractivity (Wildman–Crippen MR) is 78.1 cm³/mol. The summed E-state index contributed by atoms with van der Waals surface area (Å²) in [5, 5.41) is 2.89. The predicted octanol–water partition coefficient (Wildman–Crippen LogP) is 2.02. The number of benzene rings is 1. The molecule has 1 amide bonds. The summed E-state index contributed by atoms with van der Waals surface area (Å²) in [6.07, 6.45) is 0.860. The first-order valence-electron chi connectivity index (χ1n) is 7.02. The van der Waals surface area contributed by atoms with Crippen LogP contribution < -0.4 is 20.5 Å². The highest BCUT2D eigenvalue weighted by molar-refractivity contribution is 5.93. The maximum absolute atomic E-state index is 12.2. The monoisotopic (exact) mass is 278 g/mol. The molecule has 0 radical (unpaired) electrons.